The van der Waals surface area contributed by atoms with E-state index in [0.717, 1.165) is 51.0 Å². The van der Waals surface area contributed by atoms with Crippen molar-refractivity contribution in [3.8, 4) is 0 Å². The molecule has 1 heterocycles. The van der Waals surface area contributed by atoms with Crippen LogP contribution >= 0.6 is 24.0 Å². The van der Waals surface area contributed by atoms with Crippen LogP contribution in [-0.4, -0.2) is 51.3 Å². The number of hydrogen-bond acceptors (Lipinski definition) is 2. The van der Waals surface area contributed by atoms with Crippen LogP contribution in [0.1, 0.15) is 24.8 Å². The van der Waals surface area contributed by atoms with Crippen LogP contribution in [0.2, 0.25) is 0 Å². The molecule has 25 heavy (non-hydrogen) atoms. The monoisotopic (exact) mass is 467 g/mol. The molecule has 0 saturated carbocycles. The normalized spacial score (nSPS) is 15.6. The number of hydrogen-bond donors (Lipinski definition) is 1. The maximum atomic E-state index is 13.6. The van der Waals surface area contributed by atoms with Crippen LogP contribution in [0.3, 0.4) is 0 Å². The molecule has 0 amide bonds. The Morgan fingerprint density at radius 2 is 2.04 bits per heavy atom. The molecule has 142 valence electrons. The molecule has 1 aromatic carbocycles. The van der Waals surface area contributed by atoms with Gasteiger partial charge in [-0.05, 0) is 43.2 Å². The summed E-state index contributed by atoms with van der Waals surface area (Å²) in [6, 6.07) is 4.27. The fourth-order valence-electron chi connectivity index (χ4n) is 2.95. The summed E-state index contributed by atoms with van der Waals surface area (Å²) in [4.78, 5) is 6.34. The van der Waals surface area contributed by atoms with E-state index >= 15 is 0 Å². The molecule has 0 radical (unpaired) electrons. The lowest BCUT2D eigenvalue weighted by Gasteiger charge is -2.26. The van der Waals surface area contributed by atoms with E-state index in [-0.39, 0.29) is 24.0 Å². The first-order valence-corrected chi connectivity index (χ1v) is 8.54. The van der Waals surface area contributed by atoms with Crippen molar-refractivity contribution >= 4 is 29.9 Å². The van der Waals surface area contributed by atoms with E-state index in [1.54, 1.807) is 13.1 Å². The van der Waals surface area contributed by atoms with E-state index < -0.39 is 11.6 Å². The van der Waals surface area contributed by atoms with Crippen molar-refractivity contribution in [2.24, 2.45) is 10.9 Å². The van der Waals surface area contributed by atoms with Crippen LogP contribution in [0.15, 0.2) is 23.2 Å². The smallest absolute Gasteiger partial charge is 0.193 e. The largest absolute Gasteiger partial charge is 0.381 e. The lowest BCUT2D eigenvalue weighted by molar-refractivity contribution is 0.0625. The van der Waals surface area contributed by atoms with Crippen molar-refractivity contribution in [2.45, 2.75) is 25.7 Å². The molecule has 1 saturated heterocycles. The average molecular weight is 467 g/mol. The molecule has 0 bridgehead atoms. The Hall–Kier alpha value is -0.960. The topological polar surface area (TPSA) is 36.9 Å². The van der Waals surface area contributed by atoms with Crippen LogP contribution in [0.25, 0.3) is 0 Å². The van der Waals surface area contributed by atoms with Gasteiger partial charge in [0.05, 0.1) is 0 Å². The SMILES string of the molecule is CN=C(NCCc1cccc(F)c1F)N(C)CCC1CCOCC1.I. The summed E-state index contributed by atoms with van der Waals surface area (Å²) in [5, 5.41) is 3.21. The molecule has 2 rings (SSSR count). The highest BCUT2D eigenvalue weighted by Gasteiger charge is 2.15. The Bertz CT molecular complexity index is 551. The number of nitrogens with one attached hydrogen (secondary N) is 1. The van der Waals surface area contributed by atoms with E-state index in [0.29, 0.717) is 24.4 Å². The van der Waals surface area contributed by atoms with Gasteiger partial charge in [0, 0.05) is 40.4 Å². The lowest BCUT2D eigenvalue weighted by Crippen LogP contribution is -2.40. The van der Waals surface area contributed by atoms with Gasteiger partial charge in [-0.2, -0.15) is 0 Å². The maximum absolute atomic E-state index is 13.6. The summed E-state index contributed by atoms with van der Waals surface area (Å²) in [6.07, 6.45) is 3.77. The minimum Gasteiger partial charge on any atom is -0.381 e. The van der Waals surface area contributed by atoms with Crippen molar-refractivity contribution in [3.63, 3.8) is 0 Å². The van der Waals surface area contributed by atoms with Gasteiger partial charge in [-0.25, -0.2) is 8.78 Å². The molecule has 7 heteroatoms. The molecular formula is C18H28F2IN3O. The minimum absolute atomic E-state index is 0. The van der Waals surface area contributed by atoms with E-state index in [4.69, 9.17) is 4.74 Å². The Kier molecular flexibility index (Phi) is 10.3. The summed E-state index contributed by atoms with van der Waals surface area (Å²) < 4.78 is 32.2. The Balaban J connectivity index is 0.00000312. The van der Waals surface area contributed by atoms with Gasteiger partial charge in [-0.15, -0.1) is 24.0 Å². The molecule has 0 unspecified atom stereocenters. The second kappa shape index (κ2) is 11.6. The molecule has 0 atom stereocenters. The Labute approximate surface area is 166 Å². The van der Waals surface area contributed by atoms with Crippen molar-refractivity contribution in [1.82, 2.24) is 10.2 Å². The van der Waals surface area contributed by atoms with Crippen molar-refractivity contribution in [1.29, 1.82) is 0 Å². The predicted octanol–water partition coefficient (Wildman–Crippen LogP) is 3.45. The molecule has 1 N–H and O–H groups in total. The average Bonchev–Trinajstić information content (AvgIpc) is 2.61. The van der Waals surface area contributed by atoms with E-state index in [1.165, 1.54) is 6.07 Å². The third-order valence-corrected chi connectivity index (χ3v) is 4.50. The predicted molar refractivity (Wildman–Crippen MR) is 108 cm³/mol. The fraction of sp³-hybridized carbons (Fsp3) is 0.611. The number of aliphatic imine (C=N–C) groups is 1. The number of nitrogens with zero attached hydrogens (tertiary/aromatic N) is 2. The van der Waals surface area contributed by atoms with Gasteiger partial charge in [0.1, 0.15) is 0 Å². The third-order valence-electron chi connectivity index (χ3n) is 4.50. The van der Waals surface area contributed by atoms with Crippen LogP contribution in [-0.2, 0) is 11.2 Å². The molecule has 0 spiro atoms. The van der Waals surface area contributed by atoms with Crippen molar-refractivity contribution in [3.05, 3.63) is 35.4 Å². The number of halogens is 3. The lowest BCUT2D eigenvalue weighted by atomic mass is 9.96. The van der Waals surface area contributed by atoms with E-state index in [2.05, 4.69) is 15.2 Å². The molecule has 1 aliphatic rings. The van der Waals surface area contributed by atoms with Crippen LogP contribution in [0.4, 0.5) is 8.78 Å². The first-order valence-electron chi connectivity index (χ1n) is 8.54. The van der Waals surface area contributed by atoms with Gasteiger partial charge in [0.2, 0.25) is 0 Å². The summed E-state index contributed by atoms with van der Waals surface area (Å²) in [6.45, 7) is 3.15. The first-order chi connectivity index (χ1) is 11.6. The zero-order valence-corrected chi connectivity index (χ0v) is 17.3. The van der Waals surface area contributed by atoms with Crippen LogP contribution < -0.4 is 5.32 Å². The molecule has 1 aromatic rings. The van der Waals surface area contributed by atoms with Crippen LogP contribution in [0, 0.1) is 17.6 Å². The number of rotatable bonds is 6. The minimum atomic E-state index is -0.800. The molecule has 1 fully saturated rings. The van der Waals surface area contributed by atoms with Crippen molar-refractivity contribution < 1.29 is 13.5 Å². The highest BCUT2D eigenvalue weighted by Crippen LogP contribution is 2.18. The Morgan fingerprint density at radius 3 is 2.72 bits per heavy atom. The summed E-state index contributed by atoms with van der Waals surface area (Å²) in [5.41, 5.74) is 0.378. The highest BCUT2D eigenvalue weighted by atomic mass is 127. The molecule has 1 aliphatic heterocycles. The summed E-state index contributed by atoms with van der Waals surface area (Å²) >= 11 is 0. The standard InChI is InChI=1S/C18H27F2N3O.HI/c1-21-18(23(2)11-7-14-8-12-24-13-9-14)22-10-6-15-4-3-5-16(19)17(15)20;/h3-5,14H,6-13H2,1-2H3,(H,21,22);1H. The second-order valence-corrected chi connectivity index (χ2v) is 6.20. The van der Waals surface area contributed by atoms with Gasteiger partial charge >= 0.3 is 0 Å². The first kappa shape index (κ1) is 22.1. The zero-order valence-electron chi connectivity index (χ0n) is 14.9. The highest BCUT2D eigenvalue weighted by molar-refractivity contribution is 14.0. The third kappa shape index (κ3) is 7.05. The van der Waals surface area contributed by atoms with E-state index in [1.807, 2.05) is 7.05 Å². The van der Waals surface area contributed by atoms with Crippen LogP contribution in [0.5, 0.6) is 0 Å². The van der Waals surface area contributed by atoms with Gasteiger partial charge in [-0.3, -0.25) is 4.99 Å². The fourth-order valence-corrected chi connectivity index (χ4v) is 2.95. The summed E-state index contributed by atoms with van der Waals surface area (Å²) in [5.74, 6) is -0.0767. The molecule has 0 aromatic heterocycles. The van der Waals surface area contributed by atoms with E-state index in [9.17, 15) is 8.78 Å². The molecule has 0 aliphatic carbocycles. The summed E-state index contributed by atoms with van der Waals surface area (Å²) in [7, 11) is 3.73. The molecular weight excluding hydrogens is 439 g/mol. The number of ether oxygens (including phenoxy) is 1. The van der Waals surface area contributed by atoms with Gasteiger partial charge in [0.15, 0.2) is 17.6 Å². The van der Waals surface area contributed by atoms with Gasteiger partial charge in [0.25, 0.3) is 0 Å². The van der Waals surface area contributed by atoms with Crippen molar-refractivity contribution in [2.75, 3.05) is 40.4 Å². The number of benzene rings is 1. The number of guanidine groups is 1. The zero-order chi connectivity index (χ0) is 17.4. The van der Waals surface area contributed by atoms with Gasteiger partial charge in [-0.1, -0.05) is 12.1 Å². The maximum Gasteiger partial charge on any atom is 0.193 e. The quantitative estimate of drug-likeness (QED) is 0.396. The Morgan fingerprint density at radius 1 is 1.32 bits per heavy atom. The van der Waals surface area contributed by atoms with Gasteiger partial charge < -0.3 is 15.0 Å². The second-order valence-electron chi connectivity index (χ2n) is 6.20. The molecule has 4 nitrogen and oxygen atoms in total.